The van der Waals surface area contributed by atoms with Crippen LogP contribution >= 0.6 is 0 Å². The molecule has 0 aromatic carbocycles. The summed E-state index contributed by atoms with van der Waals surface area (Å²) in [6.07, 6.45) is -1.32. The van der Waals surface area contributed by atoms with E-state index in [1.807, 2.05) is 0 Å². The van der Waals surface area contributed by atoms with Gasteiger partial charge in [-0.1, -0.05) is 0 Å². The molecule has 1 saturated heterocycles. The van der Waals surface area contributed by atoms with Gasteiger partial charge in [-0.05, 0) is 6.92 Å². The monoisotopic (exact) mass is 451 g/mol. The molecule has 0 radical (unpaired) electrons. The van der Waals surface area contributed by atoms with Crippen molar-refractivity contribution in [3.63, 3.8) is 0 Å². The average molecular weight is 451 g/mol. The summed E-state index contributed by atoms with van der Waals surface area (Å²) in [5.74, 6) is -2.19. The highest BCUT2D eigenvalue weighted by Crippen LogP contribution is 2.46. The van der Waals surface area contributed by atoms with Crippen LogP contribution in [0.3, 0.4) is 0 Å². The van der Waals surface area contributed by atoms with Gasteiger partial charge in [-0.25, -0.2) is 9.97 Å². The van der Waals surface area contributed by atoms with E-state index in [0.717, 1.165) is 26.4 Å². The molecule has 2 aromatic rings. The SMILES string of the molecule is CC(=O)OCC1OC(n2cc([N+](=O)[O-])c3c(N)ncnc32)C(C)(OC(C)=O)C1OC(C)=O. The predicted octanol–water partition coefficient (Wildman–Crippen LogP) is 0.636. The summed E-state index contributed by atoms with van der Waals surface area (Å²) in [7, 11) is 0. The van der Waals surface area contributed by atoms with Crippen LogP contribution in [0.2, 0.25) is 0 Å². The number of hydrogen-bond donors (Lipinski definition) is 1. The van der Waals surface area contributed by atoms with Gasteiger partial charge in [0.2, 0.25) is 0 Å². The molecule has 1 fully saturated rings. The van der Waals surface area contributed by atoms with Crippen LogP contribution < -0.4 is 5.73 Å². The van der Waals surface area contributed by atoms with Crippen LogP contribution in [0.15, 0.2) is 12.5 Å². The van der Waals surface area contributed by atoms with Crippen LogP contribution in [0, 0.1) is 10.1 Å². The zero-order chi connectivity index (χ0) is 23.8. The summed E-state index contributed by atoms with van der Waals surface area (Å²) in [4.78, 5) is 53.9. The third-order valence-electron chi connectivity index (χ3n) is 4.87. The van der Waals surface area contributed by atoms with Gasteiger partial charge >= 0.3 is 17.9 Å². The first-order valence-electron chi connectivity index (χ1n) is 9.36. The number of rotatable bonds is 6. The Morgan fingerprint density at radius 3 is 2.50 bits per heavy atom. The Hall–Kier alpha value is -3.81. The number of ether oxygens (including phenoxy) is 4. The number of nitrogens with two attached hydrogens (primary N) is 1. The molecule has 32 heavy (non-hydrogen) atoms. The Morgan fingerprint density at radius 1 is 1.25 bits per heavy atom. The number of fused-ring (bicyclic) bond motifs is 1. The van der Waals surface area contributed by atoms with E-state index < -0.39 is 52.6 Å². The van der Waals surface area contributed by atoms with E-state index in [0.29, 0.717) is 0 Å². The molecule has 2 aromatic heterocycles. The number of esters is 3. The predicted molar refractivity (Wildman–Crippen MR) is 105 cm³/mol. The molecule has 1 aliphatic rings. The second-order valence-electron chi connectivity index (χ2n) is 7.27. The molecule has 14 nitrogen and oxygen atoms in total. The van der Waals surface area contributed by atoms with Crippen LogP contribution in [0.25, 0.3) is 11.0 Å². The van der Waals surface area contributed by atoms with Gasteiger partial charge in [0.25, 0.3) is 5.69 Å². The van der Waals surface area contributed by atoms with Crippen molar-refractivity contribution >= 4 is 40.4 Å². The molecular weight excluding hydrogens is 430 g/mol. The van der Waals surface area contributed by atoms with Crippen molar-refractivity contribution in [2.45, 2.75) is 51.7 Å². The number of carbonyl (C=O) groups excluding carboxylic acids is 3. The molecule has 172 valence electrons. The van der Waals surface area contributed by atoms with Gasteiger partial charge in [0.05, 0.1) is 11.1 Å². The number of aromatic nitrogens is 3. The summed E-state index contributed by atoms with van der Waals surface area (Å²) in [5.41, 5.74) is 3.78. The molecule has 0 saturated carbocycles. The van der Waals surface area contributed by atoms with Gasteiger partial charge in [0.15, 0.2) is 23.6 Å². The van der Waals surface area contributed by atoms with Gasteiger partial charge in [-0.15, -0.1) is 0 Å². The minimum absolute atomic E-state index is 0.0299. The van der Waals surface area contributed by atoms with Crippen molar-refractivity contribution in [2.24, 2.45) is 0 Å². The van der Waals surface area contributed by atoms with Crippen molar-refractivity contribution in [3.05, 3.63) is 22.6 Å². The molecule has 0 spiro atoms. The molecule has 4 unspecified atom stereocenters. The van der Waals surface area contributed by atoms with E-state index in [1.165, 1.54) is 18.4 Å². The average Bonchev–Trinajstić information content (AvgIpc) is 3.17. The van der Waals surface area contributed by atoms with Crippen molar-refractivity contribution in [1.82, 2.24) is 14.5 Å². The smallest absolute Gasteiger partial charge is 0.303 e. The van der Waals surface area contributed by atoms with Crippen LogP contribution in [-0.2, 0) is 33.3 Å². The summed E-state index contributed by atoms with van der Waals surface area (Å²) < 4.78 is 23.1. The molecule has 14 heteroatoms. The number of anilines is 1. The zero-order valence-corrected chi connectivity index (χ0v) is 17.6. The fraction of sp³-hybridized carbons (Fsp3) is 0.500. The van der Waals surface area contributed by atoms with Gasteiger partial charge in [-0.3, -0.25) is 29.1 Å². The van der Waals surface area contributed by atoms with Crippen LogP contribution in [-0.4, -0.2) is 61.8 Å². The lowest BCUT2D eigenvalue weighted by molar-refractivity contribution is -0.383. The number of nitro groups is 1. The number of nitrogens with zero attached hydrogens (tertiary/aromatic N) is 4. The Labute approximate surface area is 180 Å². The van der Waals surface area contributed by atoms with E-state index in [1.54, 1.807) is 0 Å². The third-order valence-corrected chi connectivity index (χ3v) is 4.87. The van der Waals surface area contributed by atoms with Gasteiger partial charge in [0.1, 0.15) is 30.2 Å². The maximum Gasteiger partial charge on any atom is 0.303 e. The minimum Gasteiger partial charge on any atom is -0.463 e. The van der Waals surface area contributed by atoms with Gasteiger partial charge < -0.3 is 24.7 Å². The van der Waals surface area contributed by atoms with E-state index in [-0.39, 0.29) is 23.5 Å². The summed E-state index contributed by atoms with van der Waals surface area (Å²) in [5, 5.41) is 11.6. The van der Waals surface area contributed by atoms with Crippen molar-refractivity contribution < 1.29 is 38.3 Å². The van der Waals surface area contributed by atoms with E-state index in [2.05, 4.69) is 9.97 Å². The molecular formula is C18H21N5O9. The second kappa shape index (κ2) is 8.37. The standard InChI is InChI=1S/C18H21N5O9/c1-8(24)29-6-12-14(30-9(2)25)18(4,32-10(3)26)17(31-12)22-5-11(23(27)28)13-15(19)20-7-21-16(13)22/h5,7,12,14,17H,6H2,1-4H3,(H2,19,20,21). The van der Waals surface area contributed by atoms with Crippen molar-refractivity contribution in [3.8, 4) is 0 Å². The molecule has 3 rings (SSSR count). The maximum atomic E-state index is 12.0. The molecule has 1 aliphatic heterocycles. The van der Waals surface area contributed by atoms with E-state index in [4.69, 9.17) is 24.7 Å². The van der Waals surface area contributed by atoms with Gasteiger partial charge in [-0.2, -0.15) is 0 Å². The van der Waals surface area contributed by atoms with Crippen molar-refractivity contribution in [1.29, 1.82) is 0 Å². The summed E-state index contributed by atoms with van der Waals surface area (Å²) in [6.45, 7) is 4.57. The summed E-state index contributed by atoms with van der Waals surface area (Å²) >= 11 is 0. The fourth-order valence-electron chi connectivity index (χ4n) is 3.74. The molecule has 0 aliphatic carbocycles. The van der Waals surface area contributed by atoms with Crippen LogP contribution in [0.1, 0.15) is 33.9 Å². The fourth-order valence-corrected chi connectivity index (χ4v) is 3.74. The Bertz CT molecular complexity index is 1100. The third kappa shape index (κ3) is 4.03. The van der Waals surface area contributed by atoms with Crippen LogP contribution in [0.4, 0.5) is 11.5 Å². The first kappa shape index (κ1) is 22.9. The quantitative estimate of drug-likeness (QED) is 0.280. The van der Waals surface area contributed by atoms with E-state index in [9.17, 15) is 24.5 Å². The Balaban J connectivity index is 2.20. The molecule has 4 atom stereocenters. The lowest BCUT2D eigenvalue weighted by Gasteiger charge is -2.34. The Kier molecular flexibility index (Phi) is 5.98. The zero-order valence-electron chi connectivity index (χ0n) is 17.6. The topological polar surface area (TPSA) is 188 Å². The first-order chi connectivity index (χ1) is 15.0. The molecule has 0 amide bonds. The number of hydrogen-bond acceptors (Lipinski definition) is 12. The normalized spacial score (nSPS) is 24.8. The molecule has 0 bridgehead atoms. The highest BCUT2D eigenvalue weighted by atomic mass is 16.7. The largest absolute Gasteiger partial charge is 0.463 e. The summed E-state index contributed by atoms with van der Waals surface area (Å²) in [6, 6.07) is 0. The lowest BCUT2D eigenvalue weighted by Crippen LogP contribution is -2.50. The first-order valence-corrected chi connectivity index (χ1v) is 9.36. The second-order valence-corrected chi connectivity index (χ2v) is 7.27. The maximum absolute atomic E-state index is 12.0. The van der Waals surface area contributed by atoms with Gasteiger partial charge in [0, 0.05) is 20.8 Å². The van der Waals surface area contributed by atoms with Crippen molar-refractivity contribution in [2.75, 3.05) is 12.3 Å². The highest BCUT2D eigenvalue weighted by Gasteiger charge is 2.60. The Morgan fingerprint density at radius 2 is 1.94 bits per heavy atom. The highest BCUT2D eigenvalue weighted by molar-refractivity contribution is 5.95. The lowest BCUT2D eigenvalue weighted by atomic mass is 9.95. The van der Waals surface area contributed by atoms with Crippen LogP contribution in [0.5, 0.6) is 0 Å². The number of carbonyl (C=O) groups is 3. The number of nitrogen functional groups attached to an aromatic ring is 1. The molecule has 3 heterocycles. The van der Waals surface area contributed by atoms with E-state index >= 15 is 0 Å². The molecule has 2 N–H and O–H groups in total. The minimum atomic E-state index is -1.68.